The molecule has 2 N–H and O–H groups in total. The van der Waals surface area contributed by atoms with Gasteiger partial charge in [0.1, 0.15) is 0 Å². The second kappa shape index (κ2) is 7.53. The van der Waals surface area contributed by atoms with Crippen LogP contribution in [0.4, 0.5) is 0 Å². The largest absolute Gasteiger partial charge is 0.353 e. The molecule has 0 bridgehead atoms. The average Bonchev–Trinajstić information content (AvgIpc) is 2.36. The van der Waals surface area contributed by atoms with Crippen LogP contribution in [-0.4, -0.2) is 50.4 Å². The molecule has 19 heavy (non-hydrogen) atoms. The van der Waals surface area contributed by atoms with Crippen molar-refractivity contribution in [3.05, 3.63) is 35.4 Å². The number of nitrogens with one attached hydrogen (secondary N) is 2. The summed E-state index contributed by atoms with van der Waals surface area (Å²) in [5.74, 6) is -0.412. The molecule has 0 aromatic heterocycles. The maximum absolute atomic E-state index is 11.7. The highest BCUT2D eigenvalue weighted by molar-refractivity contribution is 5.96. The van der Waals surface area contributed by atoms with Crippen molar-refractivity contribution in [2.75, 3.05) is 33.7 Å². The quantitative estimate of drug-likeness (QED) is 0.781. The number of amides is 2. The van der Waals surface area contributed by atoms with E-state index in [0.29, 0.717) is 12.1 Å². The summed E-state index contributed by atoms with van der Waals surface area (Å²) >= 11 is 0. The van der Waals surface area contributed by atoms with Crippen molar-refractivity contribution in [1.29, 1.82) is 0 Å². The van der Waals surface area contributed by atoms with E-state index in [1.54, 1.807) is 12.1 Å². The van der Waals surface area contributed by atoms with Crippen molar-refractivity contribution in [2.45, 2.75) is 6.92 Å². The van der Waals surface area contributed by atoms with Gasteiger partial charge in [-0.3, -0.25) is 9.59 Å². The molecule has 0 unspecified atom stereocenters. The predicted molar refractivity (Wildman–Crippen MR) is 75.1 cm³/mol. The number of hydrogen-bond acceptors (Lipinski definition) is 3. The second-order valence-corrected chi connectivity index (χ2v) is 4.70. The molecule has 0 aliphatic rings. The van der Waals surface area contributed by atoms with Gasteiger partial charge >= 0.3 is 0 Å². The highest BCUT2D eigenvalue weighted by Gasteiger charge is 2.07. The molecule has 1 rings (SSSR count). The van der Waals surface area contributed by atoms with Crippen molar-refractivity contribution in [3.8, 4) is 0 Å². The van der Waals surface area contributed by atoms with Crippen LogP contribution in [0.5, 0.6) is 0 Å². The van der Waals surface area contributed by atoms with E-state index in [-0.39, 0.29) is 18.4 Å². The minimum absolute atomic E-state index is 0.000137. The van der Waals surface area contributed by atoms with Crippen molar-refractivity contribution in [3.63, 3.8) is 0 Å². The third kappa shape index (κ3) is 6.01. The van der Waals surface area contributed by atoms with E-state index in [1.807, 2.05) is 38.1 Å². The second-order valence-electron chi connectivity index (χ2n) is 4.70. The summed E-state index contributed by atoms with van der Waals surface area (Å²) < 4.78 is 0. The lowest BCUT2D eigenvalue weighted by molar-refractivity contribution is -0.120. The zero-order valence-corrected chi connectivity index (χ0v) is 11.7. The van der Waals surface area contributed by atoms with Crippen LogP contribution in [0.1, 0.15) is 15.9 Å². The molecule has 0 heterocycles. The minimum atomic E-state index is -0.234. The summed E-state index contributed by atoms with van der Waals surface area (Å²) in [6, 6.07) is 7.22. The SMILES string of the molecule is Cc1ccc(C(=O)NCC(=O)NCCN(C)C)cc1. The Hall–Kier alpha value is -1.88. The third-order valence-corrected chi connectivity index (χ3v) is 2.60. The molecule has 0 radical (unpaired) electrons. The molecule has 0 atom stereocenters. The topological polar surface area (TPSA) is 61.4 Å². The first-order valence-electron chi connectivity index (χ1n) is 6.25. The Morgan fingerprint density at radius 1 is 1.11 bits per heavy atom. The Labute approximate surface area is 114 Å². The molecule has 1 aromatic rings. The number of rotatable bonds is 6. The fourth-order valence-corrected chi connectivity index (χ4v) is 1.45. The van der Waals surface area contributed by atoms with Crippen molar-refractivity contribution >= 4 is 11.8 Å². The van der Waals surface area contributed by atoms with Crippen LogP contribution in [0, 0.1) is 6.92 Å². The maximum atomic E-state index is 11.7. The Balaban J connectivity index is 2.30. The van der Waals surface area contributed by atoms with E-state index >= 15 is 0 Å². The van der Waals surface area contributed by atoms with Gasteiger partial charge in [-0.15, -0.1) is 0 Å². The molecule has 0 aliphatic carbocycles. The van der Waals surface area contributed by atoms with E-state index in [4.69, 9.17) is 0 Å². The van der Waals surface area contributed by atoms with E-state index in [9.17, 15) is 9.59 Å². The summed E-state index contributed by atoms with van der Waals surface area (Å²) in [6.45, 7) is 3.31. The summed E-state index contributed by atoms with van der Waals surface area (Å²) in [4.78, 5) is 25.2. The predicted octanol–water partition coefficient (Wildman–Crippen LogP) is 0.403. The van der Waals surface area contributed by atoms with Crippen LogP contribution in [0.2, 0.25) is 0 Å². The molecular weight excluding hydrogens is 242 g/mol. The van der Waals surface area contributed by atoms with E-state index in [1.165, 1.54) is 0 Å². The average molecular weight is 263 g/mol. The maximum Gasteiger partial charge on any atom is 0.251 e. The molecular formula is C14H21N3O2. The van der Waals surface area contributed by atoms with Gasteiger partial charge in [0, 0.05) is 18.7 Å². The number of carbonyl (C=O) groups is 2. The van der Waals surface area contributed by atoms with E-state index in [0.717, 1.165) is 12.1 Å². The van der Waals surface area contributed by atoms with Gasteiger partial charge < -0.3 is 15.5 Å². The molecule has 0 aliphatic heterocycles. The molecule has 2 amide bonds. The zero-order valence-electron chi connectivity index (χ0n) is 11.7. The van der Waals surface area contributed by atoms with Gasteiger partial charge in [0.15, 0.2) is 0 Å². The Morgan fingerprint density at radius 3 is 2.32 bits per heavy atom. The lowest BCUT2D eigenvalue weighted by atomic mass is 10.1. The molecule has 0 fully saturated rings. The standard InChI is InChI=1S/C14H21N3O2/c1-11-4-6-12(7-5-11)14(19)16-10-13(18)15-8-9-17(2)3/h4-7H,8-10H2,1-3H3,(H,15,18)(H,16,19). The Bertz CT molecular complexity index is 427. The summed E-state index contributed by atoms with van der Waals surface area (Å²) in [6.07, 6.45) is 0. The number of benzene rings is 1. The first-order chi connectivity index (χ1) is 8.99. The van der Waals surface area contributed by atoms with Crippen LogP contribution in [0.25, 0.3) is 0 Å². The highest BCUT2D eigenvalue weighted by atomic mass is 16.2. The van der Waals surface area contributed by atoms with E-state index < -0.39 is 0 Å². The van der Waals surface area contributed by atoms with Gasteiger partial charge in [-0.05, 0) is 33.2 Å². The molecule has 5 heteroatoms. The fraction of sp³-hybridized carbons (Fsp3) is 0.429. The van der Waals surface area contributed by atoms with Gasteiger partial charge in [0.25, 0.3) is 5.91 Å². The summed E-state index contributed by atoms with van der Waals surface area (Å²) in [7, 11) is 3.87. The van der Waals surface area contributed by atoms with Crippen LogP contribution in [-0.2, 0) is 4.79 Å². The van der Waals surface area contributed by atoms with Gasteiger partial charge in [-0.25, -0.2) is 0 Å². The Morgan fingerprint density at radius 2 is 1.74 bits per heavy atom. The summed E-state index contributed by atoms with van der Waals surface area (Å²) in [5.41, 5.74) is 1.66. The monoisotopic (exact) mass is 263 g/mol. The van der Waals surface area contributed by atoms with Crippen molar-refractivity contribution in [1.82, 2.24) is 15.5 Å². The molecule has 104 valence electrons. The molecule has 0 spiro atoms. The lowest BCUT2D eigenvalue weighted by Gasteiger charge is -2.10. The highest BCUT2D eigenvalue weighted by Crippen LogP contribution is 2.02. The first-order valence-corrected chi connectivity index (χ1v) is 6.25. The normalized spacial score (nSPS) is 10.3. The smallest absolute Gasteiger partial charge is 0.251 e. The van der Waals surface area contributed by atoms with Gasteiger partial charge in [-0.2, -0.15) is 0 Å². The van der Waals surface area contributed by atoms with Crippen molar-refractivity contribution < 1.29 is 9.59 Å². The molecule has 0 saturated carbocycles. The number of carbonyl (C=O) groups excluding carboxylic acids is 2. The minimum Gasteiger partial charge on any atom is -0.353 e. The number of nitrogens with zero attached hydrogens (tertiary/aromatic N) is 1. The lowest BCUT2D eigenvalue weighted by Crippen LogP contribution is -2.39. The van der Waals surface area contributed by atoms with Crippen LogP contribution < -0.4 is 10.6 Å². The number of likely N-dealkylation sites (N-methyl/N-ethyl adjacent to an activating group) is 1. The fourth-order valence-electron chi connectivity index (χ4n) is 1.45. The van der Waals surface area contributed by atoms with Gasteiger partial charge in [-0.1, -0.05) is 17.7 Å². The summed E-state index contributed by atoms with van der Waals surface area (Å²) in [5, 5.41) is 5.33. The first kappa shape index (κ1) is 15.2. The van der Waals surface area contributed by atoms with Gasteiger partial charge in [0.2, 0.25) is 5.91 Å². The van der Waals surface area contributed by atoms with Crippen LogP contribution >= 0.6 is 0 Å². The number of hydrogen-bond donors (Lipinski definition) is 2. The Kier molecular flexibility index (Phi) is 6.02. The van der Waals surface area contributed by atoms with Crippen LogP contribution in [0.3, 0.4) is 0 Å². The number of aryl methyl sites for hydroxylation is 1. The van der Waals surface area contributed by atoms with E-state index in [2.05, 4.69) is 10.6 Å². The zero-order chi connectivity index (χ0) is 14.3. The molecule has 5 nitrogen and oxygen atoms in total. The van der Waals surface area contributed by atoms with Crippen LogP contribution in [0.15, 0.2) is 24.3 Å². The van der Waals surface area contributed by atoms with Crippen molar-refractivity contribution in [2.24, 2.45) is 0 Å². The molecule has 0 saturated heterocycles. The third-order valence-electron chi connectivity index (χ3n) is 2.60. The van der Waals surface area contributed by atoms with Gasteiger partial charge in [0.05, 0.1) is 6.54 Å². The molecule has 1 aromatic carbocycles.